The van der Waals surface area contributed by atoms with Gasteiger partial charge in [-0.3, -0.25) is 14.6 Å². The number of H-pyrrole nitrogens is 1. The number of benzene rings is 2. The van der Waals surface area contributed by atoms with E-state index in [1.54, 1.807) is 43.5 Å². The summed E-state index contributed by atoms with van der Waals surface area (Å²) in [6.45, 7) is 0.176. The van der Waals surface area contributed by atoms with Gasteiger partial charge in [-0.05, 0) is 34.2 Å². The predicted molar refractivity (Wildman–Crippen MR) is 87.8 cm³/mol. The van der Waals surface area contributed by atoms with Crippen LogP contribution in [0.25, 0.3) is 5.69 Å². The van der Waals surface area contributed by atoms with E-state index >= 15 is 0 Å². The van der Waals surface area contributed by atoms with Gasteiger partial charge in [0.05, 0.1) is 12.0 Å². The Hall–Kier alpha value is -3.62. The molecule has 9 nitrogen and oxygen atoms in total. The molecule has 0 bridgehead atoms. The molecule has 0 radical (unpaired) electrons. The van der Waals surface area contributed by atoms with Crippen molar-refractivity contribution in [3.63, 3.8) is 0 Å². The summed E-state index contributed by atoms with van der Waals surface area (Å²) in [5.41, 5.74) is 1.19. The van der Waals surface area contributed by atoms with Crippen LogP contribution in [-0.2, 0) is 6.54 Å². The minimum Gasteiger partial charge on any atom is -0.497 e. The van der Waals surface area contributed by atoms with Gasteiger partial charge in [-0.15, -0.1) is 0 Å². The van der Waals surface area contributed by atoms with Crippen molar-refractivity contribution in [1.82, 2.24) is 5.27 Å². The number of hydrogen-bond acceptors (Lipinski definition) is 6. The molecule has 2 aromatic carbocycles. The second-order valence-corrected chi connectivity index (χ2v) is 5.12. The van der Waals surface area contributed by atoms with Crippen LogP contribution in [0.4, 0.5) is 11.4 Å². The molecule has 0 aliphatic carbocycles. The van der Waals surface area contributed by atoms with E-state index in [1.165, 1.54) is 16.8 Å². The maximum atomic E-state index is 11.9. The Kier molecular flexibility index (Phi) is 4.46. The second kappa shape index (κ2) is 6.87. The van der Waals surface area contributed by atoms with Crippen LogP contribution in [-0.4, -0.2) is 17.3 Å². The van der Waals surface area contributed by atoms with Crippen molar-refractivity contribution in [1.29, 1.82) is 0 Å². The number of nitro benzene ring substituents is 1. The molecule has 0 aliphatic heterocycles. The van der Waals surface area contributed by atoms with E-state index in [0.717, 1.165) is 0 Å². The first-order valence-corrected chi connectivity index (χ1v) is 7.33. The van der Waals surface area contributed by atoms with E-state index in [0.29, 0.717) is 22.8 Å². The van der Waals surface area contributed by atoms with Crippen molar-refractivity contribution in [2.75, 3.05) is 12.4 Å². The van der Waals surface area contributed by atoms with Gasteiger partial charge in [0, 0.05) is 30.0 Å². The first kappa shape index (κ1) is 16.2. The summed E-state index contributed by atoms with van der Waals surface area (Å²) in [5.74, 6) is 0.695. The van der Waals surface area contributed by atoms with Gasteiger partial charge in [0.25, 0.3) is 5.69 Å². The third-order valence-electron chi connectivity index (χ3n) is 3.60. The SMILES string of the molecule is COc1ccc(-[n+]2[nH]oc(=O)c2CNc2ccc([N+](=O)[O-])cc2)cc1. The van der Waals surface area contributed by atoms with Crippen LogP contribution in [0.5, 0.6) is 5.75 Å². The molecule has 25 heavy (non-hydrogen) atoms. The van der Waals surface area contributed by atoms with Gasteiger partial charge < -0.3 is 10.1 Å². The van der Waals surface area contributed by atoms with E-state index in [-0.39, 0.29) is 12.2 Å². The molecule has 0 unspecified atom stereocenters. The Morgan fingerprint density at radius 1 is 1.20 bits per heavy atom. The number of ether oxygens (including phenoxy) is 1. The Morgan fingerprint density at radius 2 is 1.88 bits per heavy atom. The molecular weight excluding hydrogens is 328 g/mol. The molecule has 0 atom stereocenters. The van der Waals surface area contributed by atoms with Gasteiger partial charge in [0.15, 0.2) is 0 Å². The zero-order chi connectivity index (χ0) is 17.8. The highest BCUT2D eigenvalue weighted by Crippen LogP contribution is 2.16. The van der Waals surface area contributed by atoms with Crippen molar-refractivity contribution < 1.29 is 18.9 Å². The van der Waals surface area contributed by atoms with Crippen molar-refractivity contribution in [2.24, 2.45) is 0 Å². The number of aromatic amines is 1. The maximum Gasteiger partial charge on any atom is 0.432 e. The van der Waals surface area contributed by atoms with Gasteiger partial charge in [0.2, 0.25) is 5.69 Å². The summed E-state index contributed by atoms with van der Waals surface area (Å²) in [6, 6.07) is 13.0. The number of rotatable bonds is 6. The van der Waals surface area contributed by atoms with Gasteiger partial charge in [-0.2, -0.15) is 0 Å². The lowest BCUT2D eigenvalue weighted by atomic mass is 10.2. The van der Waals surface area contributed by atoms with Gasteiger partial charge >= 0.3 is 11.3 Å². The Balaban J connectivity index is 1.79. The van der Waals surface area contributed by atoms with Crippen molar-refractivity contribution in [3.05, 3.63) is 74.8 Å². The summed E-state index contributed by atoms with van der Waals surface area (Å²) in [6.07, 6.45) is 0. The Morgan fingerprint density at radius 3 is 2.48 bits per heavy atom. The lowest BCUT2D eigenvalue weighted by Gasteiger charge is -2.02. The Bertz CT molecular complexity index is 928. The van der Waals surface area contributed by atoms with E-state index in [2.05, 4.69) is 10.6 Å². The fraction of sp³-hybridized carbons (Fsp3) is 0.125. The molecule has 3 aromatic rings. The number of methoxy groups -OCH3 is 1. The van der Waals surface area contributed by atoms with E-state index in [4.69, 9.17) is 9.26 Å². The number of nitrogens with zero attached hydrogens (tertiary/aromatic N) is 2. The fourth-order valence-electron chi connectivity index (χ4n) is 2.27. The first-order chi connectivity index (χ1) is 12.1. The van der Waals surface area contributed by atoms with Crippen LogP contribution in [0.2, 0.25) is 0 Å². The largest absolute Gasteiger partial charge is 0.497 e. The smallest absolute Gasteiger partial charge is 0.432 e. The van der Waals surface area contributed by atoms with E-state index in [9.17, 15) is 14.9 Å². The summed E-state index contributed by atoms with van der Waals surface area (Å²) in [5, 5.41) is 16.2. The minimum absolute atomic E-state index is 0.00000482. The van der Waals surface area contributed by atoms with Crippen LogP contribution in [0.1, 0.15) is 5.69 Å². The van der Waals surface area contributed by atoms with Crippen LogP contribution >= 0.6 is 0 Å². The number of aromatic nitrogens is 2. The van der Waals surface area contributed by atoms with Crippen LogP contribution in [0, 0.1) is 10.1 Å². The van der Waals surface area contributed by atoms with Gasteiger partial charge in [-0.25, -0.2) is 4.79 Å². The molecule has 0 amide bonds. The highest BCUT2D eigenvalue weighted by molar-refractivity contribution is 5.48. The third-order valence-corrected chi connectivity index (χ3v) is 3.60. The number of nitro groups is 1. The lowest BCUT2D eigenvalue weighted by Crippen LogP contribution is -2.39. The second-order valence-electron chi connectivity index (χ2n) is 5.12. The molecule has 0 saturated carbocycles. The standard InChI is InChI=1S/C16H14N4O5/c1-24-14-8-6-12(7-9-14)19-15(16(21)25-18-19)10-17-11-2-4-13(5-3-11)20(22)23/h2-9,17H,10H2,1H3/p+1. The molecule has 0 spiro atoms. The van der Waals surface area contributed by atoms with E-state index in [1.807, 2.05) is 0 Å². The average Bonchev–Trinajstić information content (AvgIpc) is 3.01. The molecule has 1 aromatic heterocycles. The number of nitrogens with one attached hydrogen (secondary N) is 2. The highest BCUT2D eigenvalue weighted by Gasteiger charge is 2.23. The molecule has 0 saturated heterocycles. The molecule has 1 heterocycles. The summed E-state index contributed by atoms with van der Waals surface area (Å²) >= 11 is 0. The third kappa shape index (κ3) is 3.50. The molecular formula is C16H15N4O5+. The zero-order valence-corrected chi connectivity index (χ0v) is 13.3. The van der Waals surface area contributed by atoms with Crippen LogP contribution < -0.4 is 20.4 Å². The van der Waals surface area contributed by atoms with E-state index < -0.39 is 10.5 Å². The predicted octanol–water partition coefficient (Wildman–Crippen LogP) is 1.77. The van der Waals surface area contributed by atoms with Crippen LogP contribution in [0.15, 0.2) is 57.8 Å². The molecule has 2 N–H and O–H groups in total. The highest BCUT2D eigenvalue weighted by atomic mass is 16.6. The van der Waals surface area contributed by atoms with Crippen LogP contribution in [0.3, 0.4) is 0 Å². The zero-order valence-electron chi connectivity index (χ0n) is 13.3. The topological polar surface area (TPSA) is 114 Å². The van der Waals surface area contributed by atoms with Gasteiger partial charge in [-0.1, -0.05) is 0 Å². The molecule has 3 rings (SSSR count). The molecule has 0 fully saturated rings. The quantitative estimate of drug-likeness (QED) is 0.400. The first-order valence-electron chi connectivity index (χ1n) is 7.33. The van der Waals surface area contributed by atoms with Crippen molar-refractivity contribution in [3.8, 4) is 11.4 Å². The number of hydrogen-bond donors (Lipinski definition) is 2. The van der Waals surface area contributed by atoms with Crippen molar-refractivity contribution in [2.45, 2.75) is 6.54 Å². The normalized spacial score (nSPS) is 10.4. The molecule has 128 valence electrons. The molecule has 0 aliphatic rings. The summed E-state index contributed by atoms with van der Waals surface area (Å²) in [7, 11) is 1.57. The number of non-ortho nitro benzene ring substituents is 1. The van der Waals surface area contributed by atoms with Crippen molar-refractivity contribution >= 4 is 11.4 Å². The lowest BCUT2D eigenvalue weighted by molar-refractivity contribution is -0.677. The monoisotopic (exact) mass is 343 g/mol. The summed E-state index contributed by atoms with van der Waals surface area (Å²) in [4.78, 5) is 22.1. The average molecular weight is 343 g/mol. The minimum atomic E-state index is -0.509. The maximum absolute atomic E-state index is 11.9. The molecule has 9 heteroatoms. The number of anilines is 1. The fourth-order valence-corrected chi connectivity index (χ4v) is 2.27. The van der Waals surface area contributed by atoms with Gasteiger partial charge in [0.1, 0.15) is 12.3 Å². The summed E-state index contributed by atoms with van der Waals surface area (Å²) < 4.78 is 11.5. The Labute approximate surface area is 141 Å².